The lowest BCUT2D eigenvalue weighted by atomic mass is 9.71. The Morgan fingerprint density at radius 1 is 0.744 bits per heavy atom. The van der Waals surface area contributed by atoms with E-state index in [1.807, 2.05) is 18.2 Å². The Bertz CT molecular complexity index is 1000. The van der Waals surface area contributed by atoms with Gasteiger partial charge in [-0.15, -0.1) is 0 Å². The molecule has 0 fully saturated rings. The van der Waals surface area contributed by atoms with Gasteiger partial charge in [-0.05, 0) is 64.5 Å². The molecule has 1 atom stereocenters. The summed E-state index contributed by atoms with van der Waals surface area (Å²) in [5.74, 6) is 0.757. The Morgan fingerprint density at radius 3 is 1.85 bits per heavy atom. The van der Waals surface area contributed by atoms with E-state index < -0.39 is 31.3 Å². The van der Waals surface area contributed by atoms with Crippen LogP contribution in [0.15, 0.2) is 36.4 Å². The van der Waals surface area contributed by atoms with Gasteiger partial charge in [-0.25, -0.2) is 0 Å². The number of aryl methyl sites for hydroxylation is 2. The van der Waals surface area contributed by atoms with Crippen molar-refractivity contribution in [1.82, 2.24) is 0 Å². The van der Waals surface area contributed by atoms with Gasteiger partial charge in [0.1, 0.15) is 11.9 Å². The predicted octanol–water partition coefficient (Wildman–Crippen LogP) is 7.97. The quantitative estimate of drug-likeness (QED) is 0.200. The highest BCUT2D eigenvalue weighted by Gasteiger charge is 2.44. The molecule has 0 amide bonds. The van der Waals surface area contributed by atoms with Crippen LogP contribution in [0.1, 0.15) is 127 Å². The number of benzene rings is 2. The summed E-state index contributed by atoms with van der Waals surface area (Å²) < 4.78 is 6.84. The maximum Gasteiger partial charge on any atom is 0.136 e. The zero-order chi connectivity index (χ0) is 29.3. The van der Waals surface area contributed by atoms with Crippen LogP contribution in [0.2, 0.25) is 0 Å². The van der Waals surface area contributed by atoms with E-state index in [-0.39, 0.29) is 10.8 Å². The average molecular weight is 541 g/mol. The molecule has 220 valence electrons. The summed E-state index contributed by atoms with van der Waals surface area (Å²) in [6.45, 7) is 16.3. The second-order valence-corrected chi connectivity index (χ2v) is 13.6. The minimum absolute atomic E-state index is 0.0369. The molecular formula is C35H56O4. The van der Waals surface area contributed by atoms with Crippen LogP contribution in [0.5, 0.6) is 5.75 Å². The number of hydrogen-bond acceptors (Lipinski definition) is 4. The highest BCUT2D eigenvalue weighted by atomic mass is 16.5. The molecule has 0 heterocycles. The van der Waals surface area contributed by atoms with Crippen LogP contribution in [0.3, 0.4) is 0 Å². The van der Waals surface area contributed by atoms with Crippen LogP contribution in [0.4, 0.5) is 0 Å². The fourth-order valence-corrected chi connectivity index (χ4v) is 5.31. The highest BCUT2D eigenvalue weighted by Crippen LogP contribution is 2.45. The molecule has 0 spiro atoms. The number of unbranched alkanes of at least 4 members (excludes halogenated alkanes) is 6. The van der Waals surface area contributed by atoms with Crippen molar-refractivity contribution in [3.05, 3.63) is 64.2 Å². The molecule has 0 radical (unpaired) electrons. The van der Waals surface area contributed by atoms with Gasteiger partial charge in [0.2, 0.25) is 0 Å². The van der Waals surface area contributed by atoms with Gasteiger partial charge >= 0.3 is 0 Å². The topological polar surface area (TPSA) is 69.9 Å². The summed E-state index contributed by atoms with van der Waals surface area (Å²) in [7, 11) is 0. The van der Waals surface area contributed by atoms with Crippen molar-refractivity contribution in [3.8, 4) is 5.75 Å². The molecule has 0 bridgehead atoms. The largest absolute Gasteiger partial charge is 0.485 e. The monoisotopic (exact) mass is 540 g/mol. The molecule has 0 aliphatic heterocycles. The standard InChI is InChI=1S/C35H56O4/c1-9-10-11-12-13-14-15-18-27-19-16-17-20-30(27)39-32(35(23-36,24-37)25-38)31-26(2)21-28(33(3,4)5)22-29(31)34(6,7)8/h16-17,19-22,32,36-38H,9-15,18,23-25H2,1-8H3. The van der Waals surface area contributed by atoms with Crippen molar-refractivity contribution in [2.24, 2.45) is 5.41 Å². The lowest BCUT2D eigenvalue weighted by Gasteiger charge is -2.41. The van der Waals surface area contributed by atoms with Crippen LogP contribution in [-0.4, -0.2) is 35.1 Å². The molecule has 4 nitrogen and oxygen atoms in total. The number of aliphatic hydroxyl groups is 3. The summed E-state index contributed by atoms with van der Waals surface area (Å²) in [5, 5.41) is 31.8. The normalized spacial score (nSPS) is 13.5. The third kappa shape index (κ3) is 8.80. The van der Waals surface area contributed by atoms with Crippen LogP contribution < -0.4 is 4.74 Å². The molecular weight excluding hydrogens is 484 g/mol. The number of hydrogen-bond donors (Lipinski definition) is 3. The fraction of sp³-hybridized carbons (Fsp3) is 0.657. The molecule has 2 aromatic carbocycles. The second-order valence-electron chi connectivity index (χ2n) is 13.6. The molecule has 0 aliphatic carbocycles. The van der Waals surface area contributed by atoms with Gasteiger partial charge in [-0.2, -0.15) is 0 Å². The summed E-state index contributed by atoms with van der Waals surface area (Å²) >= 11 is 0. The maximum absolute atomic E-state index is 10.6. The molecule has 39 heavy (non-hydrogen) atoms. The molecule has 3 N–H and O–H groups in total. The van der Waals surface area contributed by atoms with Crippen LogP contribution in [0, 0.1) is 12.3 Å². The SMILES string of the molecule is CCCCCCCCCc1ccccc1OC(c1c(C)cc(C(C)(C)C)cc1C(C)(C)C)C(CO)(CO)CO. The van der Waals surface area contributed by atoms with Crippen LogP contribution >= 0.6 is 0 Å². The third-order valence-electron chi connectivity index (χ3n) is 8.09. The van der Waals surface area contributed by atoms with Gasteiger partial charge in [0.15, 0.2) is 0 Å². The number of aliphatic hydroxyl groups excluding tert-OH is 3. The van der Waals surface area contributed by atoms with Gasteiger partial charge < -0.3 is 20.1 Å². The van der Waals surface area contributed by atoms with Crippen molar-refractivity contribution >= 4 is 0 Å². The van der Waals surface area contributed by atoms with Crippen molar-refractivity contribution in [1.29, 1.82) is 0 Å². The Morgan fingerprint density at radius 2 is 1.31 bits per heavy atom. The van der Waals surface area contributed by atoms with Crippen LogP contribution in [0.25, 0.3) is 0 Å². The Balaban J connectivity index is 2.55. The van der Waals surface area contributed by atoms with E-state index in [4.69, 9.17) is 4.74 Å². The second kappa shape index (κ2) is 14.7. The Kier molecular flexibility index (Phi) is 12.5. The first-order valence-electron chi connectivity index (χ1n) is 15.1. The van der Waals surface area contributed by atoms with Crippen molar-refractivity contribution in [3.63, 3.8) is 0 Å². The van der Waals surface area contributed by atoms with E-state index in [9.17, 15) is 15.3 Å². The summed E-state index contributed by atoms with van der Waals surface area (Å²) in [5.41, 5.74) is 3.95. The van der Waals surface area contributed by atoms with Crippen molar-refractivity contribution in [2.75, 3.05) is 19.8 Å². The van der Waals surface area contributed by atoms with E-state index in [2.05, 4.69) is 73.6 Å². The Hall–Kier alpha value is -1.88. The summed E-state index contributed by atoms with van der Waals surface area (Å²) in [4.78, 5) is 0. The zero-order valence-corrected chi connectivity index (χ0v) is 26.1. The molecule has 2 aromatic rings. The molecule has 4 heteroatoms. The predicted molar refractivity (Wildman–Crippen MR) is 164 cm³/mol. The van der Waals surface area contributed by atoms with Crippen molar-refractivity contribution in [2.45, 2.75) is 124 Å². The van der Waals surface area contributed by atoms with E-state index in [0.29, 0.717) is 0 Å². The molecule has 0 saturated heterocycles. The summed E-state index contributed by atoms with van der Waals surface area (Å²) in [6.07, 6.45) is 8.90. The lowest BCUT2D eigenvalue weighted by Crippen LogP contribution is -2.44. The number of ether oxygens (including phenoxy) is 1. The lowest BCUT2D eigenvalue weighted by molar-refractivity contribution is -0.0752. The molecule has 0 aliphatic rings. The van der Waals surface area contributed by atoms with Gasteiger partial charge in [0.05, 0.1) is 25.2 Å². The Labute approximate surface area is 238 Å². The molecule has 0 aromatic heterocycles. The van der Waals surface area contributed by atoms with E-state index in [1.165, 1.54) is 44.1 Å². The minimum atomic E-state index is -1.25. The van der Waals surface area contributed by atoms with Gasteiger partial charge in [-0.3, -0.25) is 0 Å². The number of rotatable bonds is 15. The maximum atomic E-state index is 10.6. The van der Waals surface area contributed by atoms with E-state index in [0.717, 1.165) is 40.8 Å². The first-order valence-corrected chi connectivity index (χ1v) is 15.1. The number of para-hydroxylation sites is 1. The first-order chi connectivity index (χ1) is 18.3. The third-order valence-corrected chi connectivity index (χ3v) is 8.09. The average Bonchev–Trinajstić information content (AvgIpc) is 2.88. The molecule has 2 rings (SSSR count). The van der Waals surface area contributed by atoms with E-state index in [1.54, 1.807) is 0 Å². The van der Waals surface area contributed by atoms with Gasteiger partial charge in [0.25, 0.3) is 0 Å². The van der Waals surface area contributed by atoms with Crippen LogP contribution in [-0.2, 0) is 17.3 Å². The fourth-order valence-electron chi connectivity index (χ4n) is 5.31. The smallest absolute Gasteiger partial charge is 0.136 e. The van der Waals surface area contributed by atoms with Gasteiger partial charge in [-0.1, -0.05) is 117 Å². The molecule has 1 unspecified atom stereocenters. The summed E-state index contributed by atoms with van der Waals surface area (Å²) in [6, 6.07) is 12.6. The first kappa shape index (κ1) is 33.3. The van der Waals surface area contributed by atoms with E-state index >= 15 is 0 Å². The minimum Gasteiger partial charge on any atom is -0.485 e. The zero-order valence-electron chi connectivity index (χ0n) is 26.1. The molecule has 0 saturated carbocycles. The van der Waals surface area contributed by atoms with Gasteiger partial charge in [0, 0.05) is 0 Å². The van der Waals surface area contributed by atoms with Crippen molar-refractivity contribution < 1.29 is 20.1 Å². The highest BCUT2D eigenvalue weighted by molar-refractivity contribution is 5.47.